The molecule has 1 aliphatic heterocycles. The average Bonchev–Trinajstić information content (AvgIpc) is 2.40. The van der Waals surface area contributed by atoms with E-state index in [0.717, 1.165) is 18.5 Å². The van der Waals surface area contributed by atoms with Crippen LogP contribution in [-0.2, 0) is 0 Å². The van der Waals surface area contributed by atoms with Crippen molar-refractivity contribution in [3.63, 3.8) is 0 Å². The molecule has 0 aromatic carbocycles. The molecule has 18 heavy (non-hydrogen) atoms. The van der Waals surface area contributed by atoms with Gasteiger partial charge in [0.05, 0.1) is 0 Å². The van der Waals surface area contributed by atoms with Crippen LogP contribution in [0.25, 0.3) is 0 Å². The van der Waals surface area contributed by atoms with Crippen LogP contribution in [0.1, 0.15) is 64.7 Å². The van der Waals surface area contributed by atoms with E-state index >= 15 is 0 Å². The Labute approximate surface area is 112 Å². The molecule has 3 unspecified atom stereocenters. The van der Waals surface area contributed by atoms with Gasteiger partial charge in [0, 0.05) is 18.6 Å². The van der Waals surface area contributed by atoms with Gasteiger partial charge in [-0.15, -0.1) is 0 Å². The third kappa shape index (κ3) is 2.12. The predicted molar refractivity (Wildman–Crippen MR) is 76.5 cm³/mol. The Balaban J connectivity index is 1.69. The molecular formula is C16H30N2. The molecule has 1 heterocycles. The Kier molecular flexibility index (Phi) is 3.68. The molecule has 1 saturated heterocycles. The lowest BCUT2D eigenvalue weighted by molar-refractivity contribution is -0.0839. The third-order valence-corrected chi connectivity index (χ3v) is 6.17. The van der Waals surface area contributed by atoms with Crippen LogP contribution < -0.4 is 5.73 Å². The summed E-state index contributed by atoms with van der Waals surface area (Å²) in [5.41, 5.74) is 6.76. The maximum atomic E-state index is 6.05. The molecule has 2 nitrogen and oxygen atoms in total. The fraction of sp³-hybridized carbons (Fsp3) is 1.00. The van der Waals surface area contributed by atoms with E-state index in [1.165, 1.54) is 64.3 Å². The van der Waals surface area contributed by atoms with Crippen molar-refractivity contribution < 1.29 is 0 Å². The predicted octanol–water partition coefficient (Wildman–Crippen LogP) is 3.16. The maximum absolute atomic E-state index is 6.05. The van der Waals surface area contributed by atoms with Crippen LogP contribution in [0.3, 0.4) is 0 Å². The minimum Gasteiger partial charge on any atom is -0.329 e. The van der Waals surface area contributed by atoms with Gasteiger partial charge in [0.15, 0.2) is 0 Å². The van der Waals surface area contributed by atoms with Gasteiger partial charge in [-0.3, -0.25) is 4.90 Å². The van der Waals surface area contributed by atoms with Crippen LogP contribution in [-0.4, -0.2) is 30.1 Å². The highest BCUT2D eigenvalue weighted by Crippen LogP contribution is 2.54. The van der Waals surface area contributed by atoms with Gasteiger partial charge in [-0.25, -0.2) is 0 Å². The molecule has 3 aliphatic rings. The van der Waals surface area contributed by atoms with Crippen LogP contribution in [0.5, 0.6) is 0 Å². The number of nitrogens with zero attached hydrogens (tertiary/aromatic N) is 1. The molecule has 2 N–H and O–H groups in total. The fourth-order valence-electron chi connectivity index (χ4n) is 4.95. The maximum Gasteiger partial charge on any atom is 0.0224 e. The number of rotatable bonds is 2. The number of hydrogen-bond donors (Lipinski definition) is 1. The van der Waals surface area contributed by atoms with Crippen molar-refractivity contribution in [2.75, 3.05) is 13.1 Å². The van der Waals surface area contributed by atoms with Gasteiger partial charge in [-0.1, -0.05) is 26.2 Å². The number of hydrogen-bond acceptors (Lipinski definition) is 2. The molecule has 2 heteroatoms. The summed E-state index contributed by atoms with van der Waals surface area (Å²) in [7, 11) is 0. The molecule has 104 valence electrons. The van der Waals surface area contributed by atoms with Crippen molar-refractivity contribution in [1.82, 2.24) is 4.90 Å². The zero-order valence-corrected chi connectivity index (χ0v) is 12.0. The van der Waals surface area contributed by atoms with Crippen LogP contribution in [0.4, 0.5) is 0 Å². The van der Waals surface area contributed by atoms with Crippen LogP contribution in [0.15, 0.2) is 0 Å². The van der Waals surface area contributed by atoms with Gasteiger partial charge >= 0.3 is 0 Å². The van der Waals surface area contributed by atoms with Gasteiger partial charge in [-0.05, 0) is 56.4 Å². The standard InChI is InChI=1S/C16H30N2/c1-13-6-10-18(14(11-13)12-17)15-5-9-16(15)7-3-2-4-8-16/h13-15H,2-12,17H2,1H3. The quantitative estimate of drug-likeness (QED) is 0.815. The van der Waals surface area contributed by atoms with E-state index in [0.29, 0.717) is 11.5 Å². The molecule has 2 saturated carbocycles. The first-order valence-corrected chi connectivity index (χ1v) is 8.21. The highest BCUT2D eigenvalue weighted by atomic mass is 15.2. The second-order valence-electron chi connectivity index (χ2n) is 7.23. The first-order valence-electron chi connectivity index (χ1n) is 8.21. The first kappa shape index (κ1) is 12.9. The zero-order chi connectivity index (χ0) is 12.6. The second-order valence-corrected chi connectivity index (χ2v) is 7.23. The van der Waals surface area contributed by atoms with Gasteiger partial charge in [-0.2, -0.15) is 0 Å². The van der Waals surface area contributed by atoms with E-state index in [2.05, 4.69) is 11.8 Å². The van der Waals surface area contributed by atoms with E-state index in [-0.39, 0.29) is 0 Å². The van der Waals surface area contributed by atoms with E-state index in [1.54, 1.807) is 0 Å². The van der Waals surface area contributed by atoms with Crippen molar-refractivity contribution >= 4 is 0 Å². The Morgan fingerprint density at radius 2 is 1.89 bits per heavy atom. The molecule has 3 atom stereocenters. The van der Waals surface area contributed by atoms with Crippen LogP contribution >= 0.6 is 0 Å². The van der Waals surface area contributed by atoms with Gasteiger partial charge < -0.3 is 5.73 Å². The fourth-order valence-corrected chi connectivity index (χ4v) is 4.95. The van der Waals surface area contributed by atoms with Crippen molar-refractivity contribution in [2.45, 2.75) is 76.8 Å². The third-order valence-electron chi connectivity index (χ3n) is 6.17. The van der Waals surface area contributed by atoms with Gasteiger partial charge in [0.25, 0.3) is 0 Å². The first-order chi connectivity index (χ1) is 8.75. The van der Waals surface area contributed by atoms with Gasteiger partial charge in [0.1, 0.15) is 0 Å². The molecule has 0 aromatic rings. The van der Waals surface area contributed by atoms with Gasteiger partial charge in [0.2, 0.25) is 0 Å². The largest absolute Gasteiger partial charge is 0.329 e. The Hall–Kier alpha value is -0.0800. The molecule has 0 amide bonds. The highest BCUT2D eigenvalue weighted by molar-refractivity contribution is 5.04. The molecule has 0 bridgehead atoms. The molecule has 0 aromatic heterocycles. The summed E-state index contributed by atoms with van der Waals surface area (Å²) in [4.78, 5) is 2.83. The molecule has 3 fully saturated rings. The summed E-state index contributed by atoms with van der Waals surface area (Å²) in [5.74, 6) is 0.886. The summed E-state index contributed by atoms with van der Waals surface area (Å²) in [6.07, 6.45) is 13.1. The lowest BCUT2D eigenvalue weighted by Crippen LogP contribution is -2.61. The van der Waals surface area contributed by atoms with E-state index in [1.807, 2.05) is 0 Å². The lowest BCUT2D eigenvalue weighted by Gasteiger charge is -2.59. The smallest absolute Gasteiger partial charge is 0.0224 e. The summed E-state index contributed by atoms with van der Waals surface area (Å²) >= 11 is 0. The number of nitrogens with two attached hydrogens (primary N) is 1. The highest BCUT2D eigenvalue weighted by Gasteiger charge is 2.50. The van der Waals surface area contributed by atoms with Crippen molar-refractivity contribution in [3.8, 4) is 0 Å². The van der Waals surface area contributed by atoms with E-state index in [4.69, 9.17) is 5.73 Å². The minimum absolute atomic E-state index is 0.679. The molecule has 3 rings (SSSR count). The van der Waals surface area contributed by atoms with Crippen molar-refractivity contribution in [2.24, 2.45) is 17.1 Å². The lowest BCUT2D eigenvalue weighted by atomic mass is 9.56. The zero-order valence-electron chi connectivity index (χ0n) is 12.0. The molecule has 0 radical (unpaired) electrons. The minimum atomic E-state index is 0.679. The van der Waals surface area contributed by atoms with E-state index < -0.39 is 0 Å². The topological polar surface area (TPSA) is 29.3 Å². The molecule has 2 aliphatic carbocycles. The van der Waals surface area contributed by atoms with E-state index in [9.17, 15) is 0 Å². The number of likely N-dealkylation sites (tertiary alicyclic amines) is 1. The second kappa shape index (κ2) is 5.13. The van der Waals surface area contributed by atoms with Crippen molar-refractivity contribution in [3.05, 3.63) is 0 Å². The molecular weight excluding hydrogens is 220 g/mol. The van der Waals surface area contributed by atoms with Crippen molar-refractivity contribution in [1.29, 1.82) is 0 Å². The van der Waals surface area contributed by atoms with Crippen LogP contribution in [0.2, 0.25) is 0 Å². The SMILES string of the molecule is CC1CCN(C2CCC23CCCCC3)C(CN)C1. The summed E-state index contributed by atoms with van der Waals surface area (Å²) in [6.45, 7) is 4.59. The number of piperidine rings is 1. The Morgan fingerprint density at radius 1 is 1.11 bits per heavy atom. The van der Waals surface area contributed by atoms with Crippen LogP contribution in [0, 0.1) is 11.3 Å². The summed E-state index contributed by atoms with van der Waals surface area (Å²) in [5, 5.41) is 0. The Morgan fingerprint density at radius 3 is 2.50 bits per heavy atom. The summed E-state index contributed by atoms with van der Waals surface area (Å²) in [6, 6.07) is 1.57. The monoisotopic (exact) mass is 250 g/mol. The normalized spacial score (nSPS) is 40.7. The summed E-state index contributed by atoms with van der Waals surface area (Å²) < 4.78 is 0. The molecule has 1 spiro atoms. The Bertz CT molecular complexity index is 283. The average molecular weight is 250 g/mol.